The van der Waals surface area contributed by atoms with Crippen molar-refractivity contribution in [1.82, 2.24) is 5.32 Å². The number of carboxylic acid groups (broad SMARTS) is 1. The van der Waals surface area contributed by atoms with Crippen molar-refractivity contribution in [2.45, 2.75) is 25.6 Å². The number of benzene rings is 3. The summed E-state index contributed by atoms with van der Waals surface area (Å²) in [5.41, 5.74) is 7.90. The van der Waals surface area contributed by atoms with Crippen LogP contribution in [0.15, 0.2) is 66.7 Å². The zero-order valence-electron chi connectivity index (χ0n) is 20.8. The molecule has 0 saturated heterocycles. The summed E-state index contributed by atoms with van der Waals surface area (Å²) >= 11 is 0. The largest absolute Gasteiger partial charge is 0.493 e. The molecule has 0 fully saturated rings. The van der Waals surface area contributed by atoms with Gasteiger partial charge in [0, 0.05) is 29.4 Å². The molecule has 6 N–H and O–H groups in total. The molecule has 0 aliphatic heterocycles. The van der Waals surface area contributed by atoms with Gasteiger partial charge in [-0.05, 0) is 42.8 Å². The normalized spacial score (nSPS) is 12.1. The van der Waals surface area contributed by atoms with E-state index >= 15 is 0 Å². The first-order valence-corrected chi connectivity index (χ1v) is 11.4. The van der Waals surface area contributed by atoms with Crippen molar-refractivity contribution in [2.75, 3.05) is 19.5 Å². The molecule has 2 atom stereocenters. The Morgan fingerprint density at radius 2 is 1.59 bits per heavy atom. The van der Waals surface area contributed by atoms with E-state index in [1.54, 1.807) is 30.3 Å². The zero-order chi connectivity index (χ0) is 26.9. The minimum atomic E-state index is -1.19. The van der Waals surface area contributed by atoms with Crippen LogP contribution in [0.2, 0.25) is 0 Å². The number of nitrogens with one attached hydrogen (secondary N) is 3. The molecule has 0 aliphatic rings. The molecule has 0 aliphatic carbocycles. The number of aliphatic carboxylic acids is 1. The Kier molecular flexibility index (Phi) is 8.93. The average Bonchev–Trinajstić information content (AvgIpc) is 2.91. The first-order chi connectivity index (χ1) is 17.7. The number of hydrogen-bond acceptors (Lipinski definition) is 7. The number of carboxylic acids is 1. The third kappa shape index (κ3) is 6.91. The molecule has 3 aromatic rings. The highest BCUT2D eigenvalue weighted by Gasteiger charge is 2.28. The van der Waals surface area contributed by atoms with Gasteiger partial charge in [0.15, 0.2) is 17.6 Å². The molecule has 1 unspecified atom stereocenters. The van der Waals surface area contributed by atoms with E-state index in [1.807, 2.05) is 30.3 Å². The van der Waals surface area contributed by atoms with Gasteiger partial charge in [0.05, 0.1) is 14.2 Å². The van der Waals surface area contributed by atoms with E-state index in [0.717, 1.165) is 5.56 Å². The number of methoxy groups -OCH3 is 2. The van der Waals surface area contributed by atoms with Gasteiger partial charge in [0.1, 0.15) is 17.6 Å². The Morgan fingerprint density at radius 3 is 2.16 bits per heavy atom. The summed E-state index contributed by atoms with van der Waals surface area (Å²) in [6.45, 7) is 1.66. The van der Waals surface area contributed by atoms with Crippen molar-refractivity contribution < 1.29 is 28.9 Å². The first kappa shape index (κ1) is 26.9. The molecular weight excluding hydrogens is 476 g/mol. The van der Waals surface area contributed by atoms with Crippen LogP contribution in [0.4, 0.5) is 5.69 Å². The van der Waals surface area contributed by atoms with Gasteiger partial charge in [-0.3, -0.25) is 10.2 Å². The summed E-state index contributed by atoms with van der Waals surface area (Å²) in [6, 6.07) is 18.2. The molecule has 3 rings (SSSR count). The molecule has 10 heteroatoms. The Hall–Kier alpha value is -4.73. The lowest BCUT2D eigenvalue weighted by molar-refractivity contribution is -0.144. The van der Waals surface area contributed by atoms with E-state index in [4.69, 9.17) is 25.4 Å². The van der Waals surface area contributed by atoms with Crippen molar-refractivity contribution in [2.24, 2.45) is 5.73 Å². The Balaban J connectivity index is 2.05. The Bertz CT molecular complexity index is 1250. The van der Waals surface area contributed by atoms with Gasteiger partial charge in [-0.1, -0.05) is 30.3 Å². The van der Waals surface area contributed by atoms with Gasteiger partial charge in [-0.25, -0.2) is 4.79 Å². The van der Waals surface area contributed by atoms with Gasteiger partial charge in [-0.15, -0.1) is 0 Å². The van der Waals surface area contributed by atoms with Crippen LogP contribution in [0.25, 0.3) is 0 Å². The molecular formula is C27H30N4O6. The molecule has 0 aromatic heterocycles. The fourth-order valence-electron chi connectivity index (χ4n) is 3.53. The van der Waals surface area contributed by atoms with E-state index in [-0.39, 0.29) is 24.0 Å². The summed E-state index contributed by atoms with van der Waals surface area (Å²) in [5, 5.41) is 23.1. The van der Waals surface area contributed by atoms with Crippen LogP contribution in [0.1, 0.15) is 29.7 Å². The quantitative estimate of drug-likeness (QED) is 0.185. The Morgan fingerprint density at radius 1 is 0.973 bits per heavy atom. The lowest BCUT2D eigenvalue weighted by Gasteiger charge is -2.25. The molecule has 0 heterocycles. The third-order valence-electron chi connectivity index (χ3n) is 5.56. The van der Waals surface area contributed by atoms with Gasteiger partial charge < -0.3 is 35.7 Å². The number of nitrogen functional groups attached to an aromatic ring is 1. The van der Waals surface area contributed by atoms with Crippen LogP contribution in [-0.4, -0.2) is 43.1 Å². The number of rotatable bonds is 12. The predicted octanol–water partition coefficient (Wildman–Crippen LogP) is 3.31. The summed E-state index contributed by atoms with van der Waals surface area (Å²) in [6.07, 6.45) is -1.19. The second-order valence-corrected chi connectivity index (χ2v) is 8.12. The highest BCUT2D eigenvalue weighted by atomic mass is 16.5. The van der Waals surface area contributed by atoms with Crippen molar-refractivity contribution >= 4 is 23.4 Å². The lowest BCUT2D eigenvalue weighted by atomic mass is 10.0. The van der Waals surface area contributed by atoms with Gasteiger partial charge in [0.25, 0.3) is 0 Å². The molecule has 3 aromatic carbocycles. The molecule has 37 heavy (non-hydrogen) atoms. The van der Waals surface area contributed by atoms with E-state index in [0.29, 0.717) is 28.3 Å². The van der Waals surface area contributed by atoms with E-state index in [1.165, 1.54) is 27.2 Å². The molecule has 0 bridgehead atoms. The SMILES string of the molecule is COc1cc(O[C@@H](C)C(=O)O)c(C(Nc2ccc(C(=N)N)cc2)C(=O)NCc2ccccc2)cc1OC. The molecule has 194 valence electrons. The highest BCUT2D eigenvalue weighted by molar-refractivity contribution is 5.95. The van der Waals surface area contributed by atoms with Crippen LogP contribution in [0.5, 0.6) is 17.2 Å². The average molecular weight is 507 g/mol. The zero-order valence-corrected chi connectivity index (χ0v) is 20.8. The van der Waals surface area contributed by atoms with Crippen molar-refractivity contribution in [3.8, 4) is 17.2 Å². The minimum Gasteiger partial charge on any atom is -0.493 e. The number of carbonyl (C=O) groups is 2. The maximum absolute atomic E-state index is 13.6. The van der Waals surface area contributed by atoms with Crippen molar-refractivity contribution in [3.63, 3.8) is 0 Å². The second kappa shape index (κ2) is 12.3. The first-order valence-electron chi connectivity index (χ1n) is 11.4. The third-order valence-corrected chi connectivity index (χ3v) is 5.56. The lowest BCUT2D eigenvalue weighted by Crippen LogP contribution is -2.34. The second-order valence-electron chi connectivity index (χ2n) is 8.12. The number of ether oxygens (including phenoxy) is 3. The highest BCUT2D eigenvalue weighted by Crippen LogP contribution is 2.39. The number of anilines is 1. The van der Waals surface area contributed by atoms with Crippen LogP contribution in [0.3, 0.4) is 0 Å². The van der Waals surface area contributed by atoms with Crippen molar-refractivity contribution in [1.29, 1.82) is 5.41 Å². The van der Waals surface area contributed by atoms with Crippen LogP contribution in [-0.2, 0) is 16.1 Å². The molecule has 1 amide bonds. The maximum Gasteiger partial charge on any atom is 0.344 e. The molecule has 0 spiro atoms. The number of amidine groups is 1. The fourth-order valence-corrected chi connectivity index (χ4v) is 3.53. The smallest absolute Gasteiger partial charge is 0.344 e. The Labute approximate surface area is 214 Å². The van der Waals surface area contributed by atoms with Gasteiger partial charge >= 0.3 is 5.97 Å². The topological polar surface area (TPSA) is 156 Å². The predicted molar refractivity (Wildman–Crippen MR) is 139 cm³/mol. The molecule has 0 radical (unpaired) electrons. The summed E-state index contributed by atoms with van der Waals surface area (Å²) in [4.78, 5) is 25.1. The number of hydrogen-bond donors (Lipinski definition) is 5. The number of carbonyl (C=O) groups excluding carboxylic acids is 1. The summed E-state index contributed by atoms with van der Waals surface area (Å²) < 4.78 is 16.5. The van der Waals surface area contributed by atoms with Crippen LogP contribution < -0.4 is 30.6 Å². The van der Waals surface area contributed by atoms with Crippen LogP contribution in [0, 0.1) is 5.41 Å². The number of amides is 1. The number of nitrogens with two attached hydrogens (primary N) is 1. The van der Waals surface area contributed by atoms with E-state index < -0.39 is 18.1 Å². The minimum absolute atomic E-state index is 0.0815. The van der Waals surface area contributed by atoms with E-state index in [2.05, 4.69) is 10.6 Å². The fraction of sp³-hybridized carbons (Fsp3) is 0.222. The summed E-state index contributed by atoms with van der Waals surface area (Å²) in [7, 11) is 2.90. The maximum atomic E-state index is 13.6. The summed E-state index contributed by atoms with van der Waals surface area (Å²) in [5.74, 6) is -0.851. The monoisotopic (exact) mass is 506 g/mol. The standard InChI is InChI=1S/C27H30N4O6/c1-16(27(33)34)37-21-14-23(36-3)22(35-2)13-20(21)24(26(32)30-15-17-7-5-4-6-8-17)31-19-11-9-18(10-12-19)25(28)29/h4-14,16,24,31H,15H2,1-3H3,(H3,28,29)(H,30,32)(H,33,34)/t16-,24?/m0/s1. The van der Waals surface area contributed by atoms with Gasteiger partial charge in [-0.2, -0.15) is 0 Å². The molecule has 10 nitrogen and oxygen atoms in total. The van der Waals surface area contributed by atoms with Gasteiger partial charge in [0.2, 0.25) is 5.91 Å². The molecule has 0 saturated carbocycles. The van der Waals surface area contributed by atoms with Crippen molar-refractivity contribution in [3.05, 3.63) is 83.4 Å². The van der Waals surface area contributed by atoms with Crippen LogP contribution >= 0.6 is 0 Å². The van der Waals surface area contributed by atoms with E-state index in [9.17, 15) is 14.7 Å².